The molecule has 3 heteroatoms. The maximum absolute atomic E-state index is 12.3. The van der Waals surface area contributed by atoms with E-state index in [2.05, 4.69) is 4.99 Å². The number of rotatable bonds is 4. The fourth-order valence-corrected chi connectivity index (χ4v) is 2.11. The maximum atomic E-state index is 12.3. The molecule has 0 aliphatic heterocycles. The molecule has 18 heavy (non-hydrogen) atoms. The first-order valence-corrected chi connectivity index (χ1v) is 6.37. The van der Waals surface area contributed by atoms with Gasteiger partial charge in [0, 0.05) is 12.1 Å². The summed E-state index contributed by atoms with van der Waals surface area (Å²) < 4.78 is 1.81. The first-order chi connectivity index (χ1) is 8.77. The zero-order valence-corrected chi connectivity index (χ0v) is 10.9. The van der Waals surface area contributed by atoms with Gasteiger partial charge in [-0.25, -0.2) is 0 Å². The summed E-state index contributed by atoms with van der Waals surface area (Å²) in [6.45, 7) is 5.18. The Kier molecular flexibility index (Phi) is 3.92. The molecule has 94 valence electrons. The minimum atomic E-state index is 0.0736. The second kappa shape index (κ2) is 5.63. The van der Waals surface area contributed by atoms with Crippen LogP contribution in [0.2, 0.25) is 0 Å². The molecule has 0 aliphatic rings. The van der Waals surface area contributed by atoms with Crippen molar-refractivity contribution in [2.45, 2.75) is 33.4 Å². The van der Waals surface area contributed by atoms with Gasteiger partial charge in [0.05, 0.1) is 12.1 Å². The summed E-state index contributed by atoms with van der Waals surface area (Å²) in [6.07, 6.45) is 2.75. The highest BCUT2D eigenvalue weighted by atomic mass is 16.1. The summed E-state index contributed by atoms with van der Waals surface area (Å²) >= 11 is 0. The second-order valence-corrected chi connectivity index (χ2v) is 4.21. The van der Waals surface area contributed by atoms with Crippen LogP contribution in [0.1, 0.15) is 25.8 Å². The molecule has 2 aromatic rings. The molecule has 0 radical (unpaired) electrons. The van der Waals surface area contributed by atoms with E-state index in [4.69, 9.17) is 0 Å². The summed E-state index contributed by atoms with van der Waals surface area (Å²) in [5.74, 6) is 0. The van der Waals surface area contributed by atoms with Crippen LogP contribution in [0.25, 0.3) is 10.9 Å². The lowest BCUT2D eigenvalue weighted by molar-refractivity contribution is 0.746. The third kappa shape index (κ3) is 2.35. The first-order valence-electron chi connectivity index (χ1n) is 6.37. The fourth-order valence-electron chi connectivity index (χ4n) is 2.11. The number of fused-ring (bicyclic) bond motifs is 1. The van der Waals surface area contributed by atoms with Gasteiger partial charge in [0.15, 0.2) is 0 Å². The van der Waals surface area contributed by atoms with Crippen LogP contribution in [0.3, 0.4) is 0 Å². The Hall–Kier alpha value is -1.90. The number of aromatic nitrogens is 1. The molecule has 0 bridgehead atoms. The van der Waals surface area contributed by atoms with Gasteiger partial charge in [-0.2, -0.15) is 0 Å². The number of aliphatic imine (C=N–C) groups is 1. The van der Waals surface area contributed by atoms with E-state index in [1.54, 1.807) is 0 Å². The monoisotopic (exact) mass is 242 g/mol. The summed E-state index contributed by atoms with van der Waals surface area (Å²) in [6, 6.07) is 9.93. The third-order valence-electron chi connectivity index (χ3n) is 2.97. The Bertz CT molecular complexity index is 626. The molecule has 3 nitrogen and oxygen atoms in total. The minimum absolute atomic E-state index is 0.0736. The smallest absolute Gasteiger partial charge is 0.256 e. The van der Waals surface area contributed by atoms with Crippen molar-refractivity contribution >= 4 is 17.1 Å². The van der Waals surface area contributed by atoms with Crippen LogP contribution >= 0.6 is 0 Å². The van der Waals surface area contributed by atoms with E-state index in [1.807, 2.05) is 55.0 Å². The van der Waals surface area contributed by atoms with Gasteiger partial charge in [-0.3, -0.25) is 9.79 Å². The molecule has 0 unspecified atom stereocenters. The number of para-hydroxylation sites is 1. The molecule has 0 aliphatic carbocycles. The SMILES string of the molecule is CCC=NCc1cc2ccccc2n(CC)c1=O. The van der Waals surface area contributed by atoms with E-state index in [9.17, 15) is 4.79 Å². The number of hydrogen-bond donors (Lipinski definition) is 0. The van der Waals surface area contributed by atoms with Gasteiger partial charge in [0.2, 0.25) is 0 Å². The Labute approximate surface area is 107 Å². The van der Waals surface area contributed by atoms with E-state index in [1.165, 1.54) is 0 Å². The standard InChI is InChI=1S/C15H18N2O/c1-3-9-16-11-13-10-12-7-5-6-8-14(12)17(4-2)15(13)18/h5-10H,3-4,11H2,1-2H3. The predicted octanol–water partition coefficient (Wildman–Crippen LogP) is 3.00. The highest BCUT2D eigenvalue weighted by Gasteiger charge is 2.06. The van der Waals surface area contributed by atoms with Gasteiger partial charge in [-0.05, 0) is 37.1 Å². The molecular formula is C15H18N2O. The van der Waals surface area contributed by atoms with Gasteiger partial charge in [0.25, 0.3) is 5.56 Å². The van der Waals surface area contributed by atoms with E-state index in [-0.39, 0.29) is 5.56 Å². The molecule has 0 saturated carbocycles. The molecule has 0 spiro atoms. The summed E-state index contributed by atoms with van der Waals surface area (Å²) in [5.41, 5.74) is 1.83. The van der Waals surface area contributed by atoms with Crippen LogP contribution in [0, 0.1) is 0 Å². The Morgan fingerprint density at radius 3 is 2.78 bits per heavy atom. The fraction of sp³-hybridized carbons (Fsp3) is 0.333. The number of nitrogens with zero attached hydrogens (tertiary/aromatic N) is 2. The Morgan fingerprint density at radius 1 is 1.28 bits per heavy atom. The van der Waals surface area contributed by atoms with Crippen molar-refractivity contribution in [3.05, 3.63) is 46.2 Å². The molecule has 0 amide bonds. The van der Waals surface area contributed by atoms with Crippen LogP contribution in [-0.2, 0) is 13.1 Å². The first kappa shape index (κ1) is 12.6. The van der Waals surface area contributed by atoms with Crippen LogP contribution < -0.4 is 5.56 Å². The van der Waals surface area contributed by atoms with Crippen molar-refractivity contribution in [2.24, 2.45) is 4.99 Å². The topological polar surface area (TPSA) is 34.4 Å². The van der Waals surface area contributed by atoms with Crippen molar-refractivity contribution < 1.29 is 0 Å². The highest BCUT2D eigenvalue weighted by Crippen LogP contribution is 2.13. The second-order valence-electron chi connectivity index (χ2n) is 4.21. The van der Waals surface area contributed by atoms with E-state index in [0.717, 1.165) is 22.9 Å². The largest absolute Gasteiger partial charge is 0.308 e. The van der Waals surface area contributed by atoms with Gasteiger partial charge < -0.3 is 4.57 Å². The Morgan fingerprint density at radius 2 is 2.06 bits per heavy atom. The van der Waals surface area contributed by atoms with Crippen LogP contribution in [-0.4, -0.2) is 10.8 Å². The lowest BCUT2D eigenvalue weighted by Crippen LogP contribution is -2.23. The van der Waals surface area contributed by atoms with Crippen LogP contribution in [0.4, 0.5) is 0 Å². The van der Waals surface area contributed by atoms with E-state index >= 15 is 0 Å². The van der Waals surface area contributed by atoms with Crippen molar-refractivity contribution in [3.63, 3.8) is 0 Å². The van der Waals surface area contributed by atoms with Crippen LogP contribution in [0.15, 0.2) is 40.1 Å². The summed E-state index contributed by atoms with van der Waals surface area (Å²) in [4.78, 5) is 16.6. The molecular weight excluding hydrogens is 224 g/mol. The summed E-state index contributed by atoms with van der Waals surface area (Å²) in [7, 11) is 0. The number of aryl methyl sites for hydroxylation is 1. The van der Waals surface area contributed by atoms with E-state index < -0.39 is 0 Å². The zero-order chi connectivity index (χ0) is 13.0. The number of benzene rings is 1. The predicted molar refractivity (Wildman–Crippen MR) is 76.4 cm³/mol. The Balaban J connectivity index is 2.58. The molecule has 2 rings (SSSR count). The third-order valence-corrected chi connectivity index (χ3v) is 2.97. The van der Waals surface area contributed by atoms with Crippen molar-refractivity contribution in [1.29, 1.82) is 0 Å². The van der Waals surface area contributed by atoms with Crippen molar-refractivity contribution in [2.75, 3.05) is 0 Å². The van der Waals surface area contributed by atoms with Gasteiger partial charge in [-0.15, -0.1) is 0 Å². The average Bonchev–Trinajstić information content (AvgIpc) is 2.40. The summed E-state index contributed by atoms with van der Waals surface area (Å²) in [5, 5.41) is 1.10. The molecule has 1 aromatic carbocycles. The quantitative estimate of drug-likeness (QED) is 0.759. The molecule has 0 fully saturated rings. The molecule has 0 saturated heterocycles. The molecule has 1 heterocycles. The lowest BCUT2D eigenvalue weighted by atomic mass is 10.1. The number of pyridine rings is 1. The zero-order valence-electron chi connectivity index (χ0n) is 10.9. The molecule has 1 aromatic heterocycles. The van der Waals surface area contributed by atoms with Crippen molar-refractivity contribution in [1.82, 2.24) is 4.57 Å². The molecule has 0 atom stereocenters. The lowest BCUT2D eigenvalue weighted by Gasteiger charge is -2.09. The highest BCUT2D eigenvalue weighted by molar-refractivity contribution is 5.79. The van der Waals surface area contributed by atoms with Gasteiger partial charge in [-0.1, -0.05) is 25.1 Å². The van der Waals surface area contributed by atoms with Gasteiger partial charge in [0.1, 0.15) is 0 Å². The maximum Gasteiger partial charge on any atom is 0.256 e. The van der Waals surface area contributed by atoms with Crippen molar-refractivity contribution in [3.8, 4) is 0 Å². The molecule has 0 N–H and O–H groups in total. The van der Waals surface area contributed by atoms with Gasteiger partial charge >= 0.3 is 0 Å². The van der Waals surface area contributed by atoms with E-state index in [0.29, 0.717) is 13.1 Å². The normalized spacial score (nSPS) is 11.4. The number of hydrogen-bond acceptors (Lipinski definition) is 2. The average molecular weight is 242 g/mol. The minimum Gasteiger partial charge on any atom is -0.308 e. The van der Waals surface area contributed by atoms with Crippen LogP contribution in [0.5, 0.6) is 0 Å².